The molecule has 2 rings (SSSR count). The van der Waals surface area contributed by atoms with Crippen molar-refractivity contribution in [1.82, 2.24) is 10.6 Å². The number of carbonyl (C=O) groups is 1. The maximum atomic E-state index is 13.4. The Morgan fingerprint density at radius 2 is 1.94 bits per heavy atom. The number of guanidine groups is 1. The van der Waals surface area contributed by atoms with Crippen LogP contribution < -0.4 is 20.7 Å². The number of methoxy groups -OCH3 is 1. The summed E-state index contributed by atoms with van der Waals surface area (Å²) in [6.45, 7) is 9.16. The Labute approximate surface area is 188 Å². The number of anilines is 1. The second-order valence-electron chi connectivity index (χ2n) is 7.77. The molecule has 0 heterocycles. The average molecular weight is 449 g/mol. The highest BCUT2D eigenvalue weighted by Gasteiger charge is 2.24. The predicted octanol–water partition coefficient (Wildman–Crippen LogP) is 4.48. The zero-order valence-corrected chi connectivity index (χ0v) is 19.4. The second-order valence-corrected chi connectivity index (χ2v) is 8.18. The van der Waals surface area contributed by atoms with Crippen molar-refractivity contribution < 1.29 is 13.9 Å². The highest BCUT2D eigenvalue weighted by Crippen LogP contribution is 2.30. The molecule has 168 valence electrons. The van der Waals surface area contributed by atoms with Gasteiger partial charge in [-0.1, -0.05) is 37.6 Å². The van der Waals surface area contributed by atoms with Gasteiger partial charge in [0.05, 0.1) is 19.3 Å². The number of rotatable bonds is 8. The third-order valence-electron chi connectivity index (χ3n) is 4.70. The molecule has 1 amide bonds. The van der Waals surface area contributed by atoms with Crippen molar-refractivity contribution in [2.45, 2.75) is 39.7 Å². The van der Waals surface area contributed by atoms with Crippen LogP contribution >= 0.6 is 11.6 Å². The van der Waals surface area contributed by atoms with E-state index in [1.165, 1.54) is 19.1 Å². The predicted molar refractivity (Wildman–Crippen MR) is 125 cm³/mol. The quantitative estimate of drug-likeness (QED) is 0.411. The first-order valence-corrected chi connectivity index (χ1v) is 10.5. The van der Waals surface area contributed by atoms with Crippen molar-refractivity contribution in [3.63, 3.8) is 0 Å². The first kappa shape index (κ1) is 24.5. The number of halogens is 2. The van der Waals surface area contributed by atoms with Crippen molar-refractivity contribution in [1.29, 1.82) is 0 Å². The molecule has 31 heavy (non-hydrogen) atoms. The van der Waals surface area contributed by atoms with Crippen LogP contribution in [0.5, 0.6) is 5.75 Å². The largest absolute Gasteiger partial charge is 0.495 e. The number of ether oxygens (including phenoxy) is 1. The number of nitrogens with one attached hydrogen (secondary N) is 3. The maximum absolute atomic E-state index is 13.4. The smallest absolute Gasteiger partial charge is 0.221 e. The third-order valence-corrected chi connectivity index (χ3v) is 5.01. The molecule has 0 bridgehead atoms. The zero-order chi connectivity index (χ0) is 23.0. The van der Waals surface area contributed by atoms with Crippen LogP contribution in [-0.2, 0) is 16.8 Å². The van der Waals surface area contributed by atoms with Gasteiger partial charge < -0.3 is 20.7 Å². The Balaban J connectivity index is 2.14. The van der Waals surface area contributed by atoms with Crippen LogP contribution in [0.2, 0.25) is 5.02 Å². The van der Waals surface area contributed by atoms with E-state index in [0.29, 0.717) is 42.1 Å². The van der Waals surface area contributed by atoms with Crippen LogP contribution in [0.15, 0.2) is 41.4 Å². The van der Waals surface area contributed by atoms with Gasteiger partial charge in [-0.25, -0.2) is 9.38 Å². The topological polar surface area (TPSA) is 74.8 Å². The summed E-state index contributed by atoms with van der Waals surface area (Å²) in [6.07, 6.45) is 0. The van der Waals surface area contributed by atoms with Gasteiger partial charge in [0, 0.05) is 30.5 Å². The van der Waals surface area contributed by atoms with Gasteiger partial charge in [0.2, 0.25) is 5.91 Å². The van der Waals surface area contributed by atoms with E-state index in [-0.39, 0.29) is 17.1 Å². The lowest BCUT2D eigenvalue weighted by Crippen LogP contribution is -2.43. The van der Waals surface area contributed by atoms with E-state index in [1.807, 2.05) is 32.9 Å². The van der Waals surface area contributed by atoms with Crippen LogP contribution in [0.1, 0.15) is 38.8 Å². The Kier molecular flexibility index (Phi) is 8.68. The molecule has 0 aromatic heterocycles. The summed E-state index contributed by atoms with van der Waals surface area (Å²) in [5, 5.41) is 9.72. The van der Waals surface area contributed by atoms with Crippen LogP contribution in [0.4, 0.5) is 10.1 Å². The van der Waals surface area contributed by atoms with E-state index >= 15 is 0 Å². The molecular formula is C23H30ClFN4O2. The summed E-state index contributed by atoms with van der Waals surface area (Å²) in [5.41, 5.74) is 2.03. The van der Waals surface area contributed by atoms with Crippen LogP contribution in [0, 0.1) is 5.82 Å². The maximum Gasteiger partial charge on any atom is 0.221 e. The summed E-state index contributed by atoms with van der Waals surface area (Å²) >= 11 is 6.25. The summed E-state index contributed by atoms with van der Waals surface area (Å²) in [5.74, 6) is 0.706. The molecule has 0 fully saturated rings. The van der Waals surface area contributed by atoms with Gasteiger partial charge in [-0.3, -0.25) is 4.79 Å². The number of nitrogens with zero attached hydrogens (tertiary/aromatic N) is 1. The minimum Gasteiger partial charge on any atom is -0.495 e. The number of amides is 1. The highest BCUT2D eigenvalue weighted by molar-refractivity contribution is 6.31. The van der Waals surface area contributed by atoms with Gasteiger partial charge in [-0.2, -0.15) is 0 Å². The van der Waals surface area contributed by atoms with Crippen molar-refractivity contribution >= 4 is 29.2 Å². The standard InChI is InChI=1S/C23H30ClFN4O2/c1-6-26-22(28-14-23(3,4)18-9-8-17(25)12-19(18)24)27-13-16-7-10-21(31-5)20(11-16)29-15(2)30/h7-12H,6,13-14H2,1-5H3,(H,29,30)(H2,26,27,28). The number of aliphatic imine (C=N–C) groups is 1. The zero-order valence-electron chi connectivity index (χ0n) is 18.6. The van der Waals surface area contributed by atoms with Gasteiger partial charge in [0.25, 0.3) is 0 Å². The van der Waals surface area contributed by atoms with Crippen molar-refractivity contribution in [2.75, 3.05) is 25.5 Å². The Morgan fingerprint density at radius 3 is 2.55 bits per heavy atom. The summed E-state index contributed by atoms with van der Waals surface area (Å²) in [6, 6.07) is 10.0. The van der Waals surface area contributed by atoms with Gasteiger partial charge in [0.15, 0.2) is 5.96 Å². The van der Waals surface area contributed by atoms with Gasteiger partial charge in [-0.15, -0.1) is 0 Å². The highest BCUT2D eigenvalue weighted by atomic mass is 35.5. The Hall–Kier alpha value is -2.80. The van der Waals surface area contributed by atoms with E-state index in [9.17, 15) is 9.18 Å². The summed E-state index contributed by atoms with van der Waals surface area (Å²) in [4.78, 5) is 16.1. The lowest BCUT2D eigenvalue weighted by Gasteiger charge is -2.27. The van der Waals surface area contributed by atoms with E-state index in [2.05, 4.69) is 20.9 Å². The number of hydrogen-bond donors (Lipinski definition) is 3. The molecule has 0 aliphatic carbocycles. The summed E-state index contributed by atoms with van der Waals surface area (Å²) in [7, 11) is 1.56. The third kappa shape index (κ3) is 7.14. The molecule has 2 aromatic carbocycles. The van der Waals surface area contributed by atoms with Crippen LogP contribution in [-0.4, -0.2) is 32.1 Å². The molecule has 0 saturated carbocycles. The second kappa shape index (κ2) is 11.0. The van der Waals surface area contributed by atoms with Crippen molar-refractivity contribution in [3.8, 4) is 5.75 Å². The molecule has 0 atom stereocenters. The Morgan fingerprint density at radius 1 is 1.19 bits per heavy atom. The lowest BCUT2D eigenvalue weighted by atomic mass is 9.84. The normalized spacial score (nSPS) is 11.8. The average Bonchev–Trinajstić information content (AvgIpc) is 2.69. The Bertz CT molecular complexity index is 947. The number of carbonyl (C=O) groups excluding carboxylic acids is 1. The molecule has 8 heteroatoms. The number of hydrogen-bond acceptors (Lipinski definition) is 3. The number of benzene rings is 2. The van der Waals surface area contributed by atoms with Crippen molar-refractivity contribution in [2.24, 2.45) is 4.99 Å². The lowest BCUT2D eigenvalue weighted by molar-refractivity contribution is -0.114. The molecule has 0 radical (unpaired) electrons. The molecule has 2 aromatic rings. The molecule has 0 aliphatic rings. The SMILES string of the molecule is CCNC(=NCc1ccc(OC)c(NC(C)=O)c1)NCC(C)(C)c1ccc(F)cc1Cl. The van der Waals surface area contributed by atoms with Gasteiger partial charge >= 0.3 is 0 Å². The molecule has 0 spiro atoms. The van der Waals surface area contributed by atoms with E-state index in [0.717, 1.165) is 11.1 Å². The molecule has 0 unspecified atom stereocenters. The molecule has 3 N–H and O–H groups in total. The summed E-state index contributed by atoms with van der Waals surface area (Å²) < 4.78 is 18.7. The fourth-order valence-electron chi connectivity index (χ4n) is 3.09. The van der Waals surface area contributed by atoms with E-state index < -0.39 is 0 Å². The van der Waals surface area contributed by atoms with Crippen LogP contribution in [0.3, 0.4) is 0 Å². The minimum atomic E-state index is -0.356. The fraction of sp³-hybridized carbons (Fsp3) is 0.391. The minimum absolute atomic E-state index is 0.171. The fourth-order valence-corrected chi connectivity index (χ4v) is 3.51. The molecule has 0 aliphatic heterocycles. The molecule has 6 nitrogen and oxygen atoms in total. The van der Waals surface area contributed by atoms with Gasteiger partial charge in [0.1, 0.15) is 11.6 Å². The molecular weight excluding hydrogens is 419 g/mol. The van der Waals surface area contributed by atoms with Gasteiger partial charge in [-0.05, 0) is 42.3 Å². The van der Waals surface area contributed by atoms with E-state index in [1.54, 1.807) is 19.2 Å². The molecule has 0 saturated heterocycles. The van der Waals surface area contributed by atoms with Crippen molar-refractivity contribution in [3.05, 3.63) is 58.4 Å². The van der Waals surface area contributed by atoms with Crippen LogP contribution in [0.25, 0.3) is 0 Å². The monoisotopic (exact) mass is 448 g/mol. The van der Waals surface area contributed by atoms with E-state index in [4.69, 9.17) is 16.3 Å². The first-order chi connectivity index (χ1) is 14.7. The first-order valence-electron chi connectivity index (χ1n) is 10.1.